The van der Waals surface area contributed by atoms with Gasteiger partial charge in [0, 0.05) is 36.4 Å². The van der Waals surface area contributed by atoms with Crippen molar-refractivity contribution >= 4 is 17.2 Å². The summed E-state index contributed by atoms with van der Waals surface area (Å²) < 4.78 is 0. The Bertz CT molecular complexity index is 578. The predicted octanol–water partition coefficient (Wildman–Crippen LogP) is 2.44. The van der Waals surface area contributed by atoms with Gasteiger partial charge >= 0.3 is 0 Å². The Morgan fingerprint density at radius 1 is 1.33 bits per heavy atom. The number of nitrogens with one attached hydrogen (secondary N) is 1. The molecule has 0 aliphatic rings. The highest BCUT2D eigenvalue weighted by Crippen LogP contribution is 2.26. The number of amidine groups is 1. The van der Waals surface area contributed by atoms with Gasteiger partial charge in [-0.05, 0) is 30.7 Å². The molecule has 0 amide bonds. The van der Waals surface area contributed by atoms with Gasteiger partial charge in [0.05, 0.1) is 0 Å². The van der Waals surface area contributed by atoms with Gasteiger partial charge in [-0.3, -0.25) is 10.4 Å². The van der Waals surface area contributed by atoms with Crippen LogP contribution in [0.3, 0.4) is 0 Å². The lowest BCUT2D eigenvalue weighted by atomic mass is 10.1. The third-order valence-electron chi connectivity index (χ3n) is 2.90. The maximum atomic E-state index is 7.47. The van der Waals surface area contributed by atoms with Crippen molar-refractivity contribution in [1.29, 1.82) is 5.41 Å². The molecule has 0 spiro atoms. The lowest BCUT2D eigenvalue weighted by molar-refractivity contribution is 1.15. The molecular formula is C14H16N4. The number of anilines is 2. The quantitative estimate of drug-likeness (QED) is 0.639. The van der Waals surface area contributed by atoms with Crippen molar-refractivity contribution in [2.75, 3.05) is 11.9 Å². The van der Waals surface area contributed by atoms with E-state index in [2.05, 4.69) is 9.88 Å². The Morgan fingerprint density at radius 2 is 2.11 bits per heavy atom. The normalized spacial score (nSPS) is 10.1. The smallest absolute Gasteiger partial charge is 0.122 e. The number of nitrogens with zero attached hydrogens (tertiary/aromatic N) is 2. The molecule has 92 valence electrons. The van der Waals surface area contributed by atoms with Crippen LogP contribution in [0, 0.1) is 12.3 Å². The Kier molecular flexibility index (Phi) is 3.28. The van der Waals surface area contributed by atoms with Gasteiger partial charge in [0.25, 0.3) is 0 Å². The van der Waals surface area contributed by atoms with Crippen LogP contribution in [-0.4, -0.2) is 17.9 Å². The fraction of sp³-hybridized carbons (Fsp3) is 0.143. The minimum atomic E-state index is 0.0803. The van der Waals surface area contributed by atoms with Crippen molar-refractivity contribution in [3.8, 4) is 0 Å². The SMILES string of the molecule is Cc1cnccc1N(C)c1cccc(C(=N)N)c1. The number of pyridine rings is 1. The van der Waals surface area contributed by atoms with Gasteiger partial charge in [-0.15, -0.1) is 0 Å². The van der Waals surface area contributed by atoms with Crippen molar-refractivity contribution in [2.24, 2.45) is 5.73 Å². The summed E-state index contributed by atoms with van der Waals surface area (Å²) in [7, 11) is 1.99. The third-order valence-corrected chi connectivity index (χ3v) is 2.90. The van der Waals surface area contributed by atoms with Crippen molar-refractivity contribution in [2.45, 2.75) is 6.92 Å². The highest BCUT2D eigenvalue weighted by molar-refractivity contribution is 5.96. The predicted molar refractivity (Wildman–Crippen MR) is 74.5 cm³/mol. The van der Waals surface area contributed by atoms with Crippen LogP contribution in [0.25, 0.3) is 0 Å². The van der Waals surface area contributed by atoms with Crippen LogP contribution in [0.5, 0.6) is 0 Å². The van der Waals surface area contributed by atoms with E-state index >= 15 is 0 Å². The summed E-state index contributed by atoms with van der Waals surface area (Å²) in [6, 6.07) is 9.60. The number of aromatic nitrogens is 1. The van der Waals surface area contributed by atoms with Crippen LogP contribution < -0.4 is 10.6 Å². The molecular weight excluding hydrogens is 224 g/mol. The van der Waals surface area contributed by atoms with Gasteiger partial charge in [-0.25, -0.2) is 0 Å². The van der Waals surface area contributed by atoms with Crippen molar-refractivity contribution in [1.82, 2.24) is 4.98 Å². The summed E-state index contributed by atoms with van der Waals surface area (Å²) in [5, 5.41) is 7.47. The van der Waals surface area contributed by atoms with Gasteiger partial charge in [-0.1, -0.05) is 12.1 Å². The Morgan fingerprint density at radius 3 is 2.78 bits per heavy atom. The molecule has 18 heavy (non-hydrogen) atoms. The number of nitrogen functional groups attached to an aromatic ring is 1. The first-order chi connectivity index (χ1) is 8.59. The second kappa shape index (κ2) is 4.87. The minimum absolute atomic E-state index is 0.0803. The van der Waals surface area contributed by atoms with E-state index in [1.165, 1.54) is 0 Å². The molecule has 0 aliphatic carbocycles. The zero-order chi connectivity index (χ0) is 13.1. The summed E-state index contributed by atoms with van der Waals surface area (Å²) in [4.78, 5) is 6.14. The topological polar surface area (TPSA) is 66.0 Å². The first kappa shape index (κ1) is 12.1. The van der Waals surface area contributed by atoms with E-state index in [4.69, 9.17) is 11.1 Å². The molecule has 0 bridgehead atoms. The highest BCUT2D eigenvalue weighted by atomic mass is 15.1. The summed E-state index contributed by atoms with van der Waals surface area (Å²) >= 11 is 0. The molecule has 0 fully saturated rings. The molecule has 0 saturated carbocycles. The number of hydrogen-bond donors (Lipinski definition) is 2. The van der Waals surface area contributed by atoms with Crippen LogP contribution in [0.15, 0.2) is 42.7 Å². The first-order valence-electron chi connectivity index (χ1n) is 5.68. The standard InChI is InChI=1S/C14H16N4/c1-10-9-17-7-6-13(10)18(2)12-5-3-4-11(8-12)14(15)16/h3-9H,1-2H3,(H3,15,16). The molecule has 2 aromatic rings. The monoisotopic (exact) mass is 240 g/mol. The zero-order valence-corrected chi connectivity index (χ0v) is 10.5. The van der Waals surface area contributed by atoms with Gasteiger partial charge in [-0.2, -0.15) is 0 Å². The van der Waals surface area contributed by atoms with E-state index in [1.54, 1.807) is 6.20 Å². The molecule has 4 nitrogen and oxygen atoms in total. The summed E-state index contributed by atoms with van der Waals surface area (Å²) in [6.07, 6.45) is 3.61. The summed E-state index contributed by atoms with van der Waals surface area (Å²) in [5.74, 6) is 0.0803. The molecule has 3 N–H and O–H groups in total. The number of nitrogens with two attached hydrogens (primary N) is 1. The average molecular weight is 240 g/mol. The van der Waals surface area contributed by atoms with Crippen LogP contribution in [0.2, 0.25) is 0 Å². The zero-order valence-electron chi connectivity index (χ0n) is 10.5. The summed E-state index contributed by atoms with van der Waals surface area (Å²) in [6.45, 7) is 2.02. The molecule has 4 heteroatoms. The van der Waals surface area contributed by atoms with E-state index in [9.17, 15) is 0 Å². The second-order valence-corrected chi connectivity index (χ2v) is 4.19. The van der Waals surface area contributed by atoms with Gasteiger partial charge in [0.2, 0.25) is 0 Å². The van der Waals surface area contributed by atoms with Crippen molar-refractivity contribution in [3.05, 3.63) is 53.9 Å². The van der Waals surface area contributed by atoms with E-state index in [1.807, 2.05) is 50.5 Å². The molecule has 0 saturated heterocycles. The molecule has 1 aromatic carbocycles. The number of rotatable bonds is 3. The maximum Gasteiger partial charge on any atom is 0.122 e. The Labute approximate surface area is 107 Å². The van der Waals surface area contributed by atoms with Gasteiger partial charge in [0.1, 0.15) is 5.84 Å². The number of benzene rings is 1. The Balaban J connectivity index is 2.40. The fourth-order valence-electron chi connectivity index (χ4n) is 1.86. The van der Waals surface area contributed by atoms with E-state index in [-0.39, 0.29) is 5.84 Å². The van der Waals surface area contributed by atoms with Crippen molar-refractivity contribution in [3.63, 3.8) is 0 Å². The lowest BCUT2D eigenvalue weighted by Crippen LogP contribution is -2.14. The van der Waals surface area contributed by atoms with Gasteiger partial charge < -0.3 is 10.6 Å². The highest BCUT2D eigenvalue weighted by Gasteiger charge is 2.07. The number of aryl methyl sites for hydroxylation is 1. The molecule has 1 heterocycles. The second-order valence-electron chi connectivity index (χ2n) is 4.19. The fourth-order valence-corrected chi connectivity index (χ4v) is 1.86. The first-order valence-corrected chi connectivity index (χ1v) is 5.68. The molecule has 0 unspecified atom stereocenters. The van der Waals surface area contributed by atoms with E-state index < -0.39 is 0 Å². The third kappa shape index (κ3) is 2.32. The van der Waals surface area contributed by atoms with Crippen LogP contribution >= 0.6 is 0 Å². The van der Waals surface area contributed by atoms with Crippen molar-refractivity contribution < 1.29 is 0 Å². The van der Waals surface area contributed by atoms with Crippen LogP contribution in [-0.2, 0) is 0 Å². The number of hydrogen-bond acceptors (Lipinski definition) is 3. The largest absolute Gasteiger partial charge is 0.384 e. The maximum absolute atomic E-state index is 7.47. The molecule has 0 radical (unpaired) electrons. The minimum Gasteiger partial charge on any atom is -0.384 e. The van der Waals surface area contributed by atoms with Gasteiger partial charge in [0.15, 0.2) is 0 Å². The Hall–Kier alpha value is -2.36. The average Bonchev–Trinajstić information content (AvgIpc) is 2.38. The molecule has 0 atom stereocenters. The molecule has 0 aliphatic heterocycles. The van der Waals surface area contributed by atoms with E-state index in [0.717, 1.165) is 22.5 Å². The van der Waals surface area contributed by atoms with Crippen LogP contribution in [0.4, 0.5) is 11.4 Å². The summed E-state index contributed by atoms with van der Waals surface area (Å²) in [5.41, 5.74) is 9.42. The molecule has 1 aromatic heterocycles. The lowest BCUT2D eigenvalue weighted by Gasteiger charge is -2.21. The molecule has 2 rings (SSSR count). The van der Waals surface area contributed by atoms with Crippen LogP contribution in [0.1, 0.15) is 11.1 Å². The van der Waals surface area contributed by atoms with E-state index in [0.29, 0.717) is 0 Å².